The monoisotopic (exact) mass is 175 g/mol. The van der Waals surface area contributed by atoms with E-state index in [2.05, 4.69) is 24.9 Å². The molecule has 2 aromatic heterocycles. The molecule has 0 spiro atoms. The highest BCUT2D eigenvalue weighted by Crippen LogP contribution is 2.17. The third-order valence-electron chi connectivity index (χ3n) is 1.53. The molecule has 2 rings (SSSR count). The van der Waals surface area contributed by atoms with E-state index >= 15 is 0 Å². The molecule has 13 heavy (non-hydrogen) atoms. The van der Waals surface area contributed by atoms with Crippen LogP contribution in [0.1, 0.15) is 13.8 Å². The van der Waals surface area contributed by atoms with Crippen LogP contribution in [-0.2, 0) is 0 Å². The van der Waals surface area contributed by atoms with Gasteiger partial charge in [-0.1, -0.05) is 0 Å². The van der Waals surface area contributed by atoms with Gasteiger partial charge in [0, 0.05) is 5.71 Å². The highest BCUT2D eigenvalue weighted by Gasteiger charge is 2.02. The predicted molar refractivity (Wildman–Crippen MR) is 50.1 cm³/mol. The molecule has 2 heterocycles. The van der Waals surface area contributed by atoms with Crippen molar-refractivity contribution in [1.82, 2.24) is 19.9 Å². The van der Waals surface area contributed by atoms with Crippen LogP contribution in [0.2, 0.25) is 0 Å². The lowest BCUT2D eigenvalue weighted by Gasteiger charge is -1.94. The summed E-state index contributed by atoms with van der Waals surface area (Å²) in [5.74, 6) is 0.641. The fourth-order valence-corrected chi connectivity index (χ4v) is 1.05. The lowest BCUT2D eigenvalue weighted by atomic mass is 10.4. The molecule has 5 heteroatoms. The number of aromatic nitrogens is 4. The van der Waals surface area contributed by atoms with Crippen molar-refractivity contribution in [3.05, 3.63) is 12.7 Å². The van der Waals surface area contributed by atoms with Gasteiger partial charge in [0.15, 0.2) is 11.5 Å². The van der Waals surface area contributed by atoms with Crippen molar-refractivity contribution in [1.29, 1.82) is 0 Å². The Morgan fingerprint density at radius 1 is 1.31 bits per heavy atom. The first-order valence-electron chi connectivity index (χ1n) is 3.93. The SMILES string of the molecule is CC(C)=Nc1ncnc2nc[nH]c12. The highest BCUT2D eigenvalue weighted by atomic mass is 15.0. The molecule has 0 radical (unpaired) electrons. The van der Waals surface area contributed by atoms with Crippen LogP contribution in [0.5, 0.6) is 0 Å². The summed E-state index contributed by atoms with van der Waals surface area (Å²) in [6, 6.07) is 0. The number of imidazole rings is 1. The van der Waals surface area contributed by atoms with E-state index in [-0.39, 0.29) is 0 Å². The summed E-state index contributed by atoms with van der Waals surface area (Å²) in [4.78, 5) is 19.3. The van der Waals surface area contributed by atoms with Gasteiger partial charge in [-0.25, -0.2) is 19.9 Å². The zero-order valence-electron chi connectivity index (χ0n) is 7.44. The molecule has 0 atom stereocenters. The Balaban J connectivity index is 2.68. The Hall–Kier alpha value is -1.78. The third kappa shape index (κ3) is 1.40. The van der Waals surface area contributed by atoms with Crippen LogP contribution in [-0.4, -0.2) is 25.6 Å². The molecule has 0 unspecified atom stereocenters. The second-order valence-corrected chi connectivity index (χ2v) is 2.86. The first-order chi connectivity index (χ1) is 6.27. The van der Waals surface area contributed by atoms with Crippen LogP contribution in [0.25, 0.3) is 11.2 Å². The molecular formula is C8H9N5. The molecule has 0 aliphatic rings. The maximum Gasteiger partial charge on any atom is 0.182 e. The van der Waals surface area contributed by atoms with Gasteiger partial charge in [0.25, 0.3) is 0 Å². The molecule has 0 aliphatic heterocycles. The molecule has 0 saturated heterocycles. The quantitative estimate of drug-likeness (QED) is 0.667. The number of H-pyrrole nitrogens is 1. The van der Waals surface area contributed by atoms with Crippen molar-refractivity contribution in [2.75, 3.05) is 0 Å². The lowest BCUT2D eigenvalue weighted by molar-refractivity contribution is 1.18. The average molecular weight is 175 g/mol. The summed E-state index contributed by atoms with van der Waals surface area (Å²) < 4.78 is 0. The van der Waals surface area contributed by atoms with Gasteiger partial charge in [-0.2, -0.15) is 0 Å². The van der Waals surface area contributed by atoms with Crippen molar-refractivity contribution in [2.24, 2.45) is 4.99 Å². The van der Waals surface area contributed by atoms with Crippen LogP contribution in [0.4, 0.5) is 5.82 Å². The smallest absolute Gasteiger partial charge is 0.182 e. The average Bonchev–Trinajstić information content (AvgIpc) is 2.51. The molecule has 0 aromatic carbocycles. The molecule has 0 aliphatic carbocycles. The van der Waals surface area contributed by atoms with Crippen LogP contribution in [0.3, 0.4) is 0 Å². The normalized spacial score (nSPS) is 10.3. The summed E-state index contributed by atoms with van der Waals surface area (Å²) >= 11 is 0. The zero-order chi connectivity index (χ0) is 9.26. The van der Waals surface area contributed by atoms with Crippen LogP contribution < -0.4 is 0 Å². The molecular weight excluding hydrogens is 166 g/mol. The number of fused-ring (bicyclic) bond motifs is 1. The number of hydrogen-bond acceptors (Lipinski definition) is 4. The number of aliphatic imine (C=N–C) groups is 1. The Morgan fingerprint density at radius 3 is 2.92 bits per heavy atom. The summed E-state index contributed by atoms with van der Waals surface area (Å²) in [6.45, 7) is 3.84. The van der Waals surface area contributed by atoms with Gasteiger partial charge in [-0.05, 0) is 13.8 Å². The first-order valence-corrected chi connectivity index (χ1v) is 3.93. The van der Waals surface area contributed by atoms with Crippen molar-refractivity contribution >= 4 is 22.7 Å². The molecule has 0 bridgehead atoms. The maximum atomic E-state index is 4.25. The van der Waals surface area contributed by atoms with Crippen molar-refractivity contribution in [2.45, 2.75) is 13.8 Å². The van der Waals surface area contributed by atoms with E-state index in [1.807, 2.05) is 13.8 Å². The van der Waals surface area contributed by atoms with E-state index in [0.29, 0.717) is 11.5 Å². The Morgan fingerprint density at radius 2 is 2.15 bits per heavy atom. The predicted octanol–water partition coefficient (Wildman–Crippen LogP) is 1.47. The number of nitrogens with zero attached hydrogens (tertiary/aromatic N) is 4. The Kier molecular flexibility index (Phi) is 1.77. The summed E-state index contributed by atoms with van der Waals surface area (Å²) in [6.07, 6.45) is 3.05. The van der Waals surface area contributed by atoms with Crippen LogP contribution in [0.15, 0.2) is 17.6 Å². The standard InChI is InChI=1S/C8H9N5/c1-5(2)13-8-6-7(10-3-9-6)11-4-12-8/h3-4H,1-2H3,(H,9,10,11,12). The molecule has 5 nitrogen and oxygen atoms in total. The van der Waals surface area contributed by atoms with E-state index in [1.54, 1.807) is 6.33 Å². The molecule has 0 fully saturated rings. The van der Waals surface area contributed by atoms with Crippen molar-refractivity contribution in [3.8, 4) is 0 Å². The van der Waals surface area contributed by atoms with Gasteiger partial charge in [0.05, 0.1) is 6.33 Å². The minimum absolute atomic E-state index is 0.641. The van der Waals surface area contributed by atoms with E-state index < -0.39 is 0 Å². The Labute approximate surface area is 75.0 Å². The Bertz CT molecular complexity index is 452. The van der Waals surface area contributed by atoms with Gasteiger partial charge >= 0.3 is 0 Å². The van der Waals surface area contributed by atoms with Crippen molar-refractivity contribution < 1.29 is 0 Å². The lowest BCUT2D eigenvalue weighted by Crippen LogP contribution is -1.85. The largest absolute Gasteiger partial charge is 0.340 e. The van der Waals surface area contributed by atoms with Gasteiger partial charge < -0.3 is 4.98 Å². The summed E-state index contributed by atoms with van der Waals surface area (Å²) in [7, 11) is 0. The molecule has 0 saturated carbocycles. The third-order valence-corrected chi connectivity index (χ3v) is 1.53. The van der Waals surface area contributed by atoms with E-state index in [9.17, 15) is 0 Å². The summed E-state index contributed by atoms with van der Waals surface area (Å²) in [5, 5.41) is 0. The fraction of sp³-hybridized carbons (Fsp3) is 0.250. The number of aromatic amines is 1. The fourth-order valence-electron chi connectivity index (χ4n) is 1.05. The minimum Gasteiger partial charge on any atom is -0.340 e. The van der Waals surface area contributed by atoms with Gasteiger partial charge in [-0.15, -0.1) is 0 Å². The number of nitrogens with one attached hydrogen (secondary N) is 1. The second kappa shape index (κ2) is 2.93. The molecule has 2 aromatic rings. The number of hydrogen-bond donors (Lipinski definition) is 1. The zero-order valence-corrected chi connectivity index (χ0v) is 7.44. The van der Waals surface area contributed by atoms with Crippen LogP contribution >= 0.6 is 0 Å². The highest BCUT2D eigenvalue weighted by molar-refractivity contribution is 5.87. The number of rotatable bonds is 1. The van der Waals surface area contributed by atoms with Gasteiger partial charge in [-0.3, -0.25) is 0 Å². The molecule has 1 N–H and O–H groups in total. The van der Waals surface area contributed by atoms with Gasteiger partial charge in [0.1, 0.15) is 11.8 Å². The van der Waals surface area contributed by atoms with E-state index in [4.69, 9.17) is 0 Å². The van der Waals surface area contributed by atoms with Crippen LogP contribution in [0, 0.1) is 0 Å². The second-order valence-electron chi connectivity index (χ2n) is 2.86. The first kappa shape index (κ1) is 7.85. The molecule has 66 valence electrons. The maximum absolute atomic E-state index is 4.25. The van der Waals surface area contributed by atoms with E-state index in [0.717, 1.165) is 11.2 Å². The minimum atomic E-state index is 0.641. The van der Waals surface area contributed by atoms with E-state index in [1.165, 1.54) is 6.33 Å². The topological polar surface area (TPSA) is 66.8 Å². The van der Waals surface area contributed by atoms with Crippen molar-refractivity contribution in [3.63, 3.8) is 0 Å². The summed E-state index contributed by atoms with van der Waals surface area (Å²) in [5.41, 5.74) is 2.38. The van der Waals surface area contributed by atoms with Gasteiger partial charge in [0.2, 0.25) is 0 Å². The molecule has 0 amide bonds.